The number of rotatable bonds is 13. The summed E-state index contributed by atoms with van der Waals surface area (Å²) in [6.45, 7) is 13.0. The topological polar surface area (TPSA) is 165 Å². The average Bonchev–Trinajstić information content (AvgIpc) is 3.79. The van der Waals surface area contributed by atoms with Crippen LogP contribution in [0.5, 0.6) is 0 Å². The fourth-order valence-electron chi connectivity index (χ4n) is 7.48. The van der Waals surface area contributed by atoms with E-state index >= 15 is 0 Å². The van der Waals surface area contributed by atoms with E-state index in [0.29, 0.717) is 23.0 Å². The number of nitrogens with one attached hydrogen (secondary N) is 1. The van der Waals surface area contributed by atoms with E-state index in [1.54, 1.807) is 26.4 Å². The van der Waals surface area contributed by atoms with Crippen molar-refractivity contribution in [2.45, 2.75) is 82.6 Å². The van der Waals surface area contributed by atoms with Crippen molar-refractivity contribution in [2.75, 3.05) is 64.4 Å². The number of hydrogen-bond acceptors (Lipinski definition) is 11. The number of non-ortho nitro benzene ring substituents is 1. The Bertz CT molecular complexity index is 2310. The summed E-state index contributed by atoms with van der Waals surface area (Å²) in [4.78, 5) is 20.1. The molecule has 2 aliphatic rings. The number of nitrogens with zero attached hydrogens (tertiary/aromatic N) is 6. The maximum absolute atomic E-state index is 13.2. The van der Waals surface area contributed by atoms with Crippen LogP contribution in [-0.4, -0.2) is 87.2 Å². The van der Waals surface area contributed by atoms with Crippen LogP contribution in [0.25, 0.3) is 22.1 Å². The predicted molar refractivity (Wildman–Crippen MR) is 225 cm³/mol. The van der Waals surface area contributed by atoms with Crippen LogP contribution in [0.1, 0.15) is 65.0 Å². The zero-order valence-electron chi connectivity index (χ0n) is 34.9. The molecule has 0 unspecified atom stereocenters. The van der Waals surface area contributed by atoms with Crippen LogP contribution < -0.4 is 9.62 Å². The summed E-state index contributed by atoms with van der Waals surface area (Å²) in [5.41, 5.74) is 4.06. The summed E-state index contributed by atoms with van der Waals surface area (Å²) in [6, 6.07) is 16.6. The number of methoxy groups -OCH3 is 2. The third kappa shape index (κ3) is 9.15. The van der Waals surface area contributed by atoms with Gasteiger partial charge >= 0.3 is 0 Å². The Kier molecular flexibility index (Phi) is 13.1. The Morgan fingerprint density at radius 3 is 1.71 bits per heavy atom. The van der Waals surface area contributed by atoms with Gasteiger partial charge in [-0.3, -0.25) is 14.4 Å². The second-order valence-corrected chi connectivity index (χ2v) is 18.0. The van der Waals surface area contributed by atoms with Gasteiger partial charge in [0.05, 0.1) is 37.6 Å². The molecule has 2 aliphatic heterocycles. The van der Waals surface area contributed by atoms with Gasteiger partial charge in [-0.2, -0.15) is 0 Å². The number of benzene rings is 3. The highest BCUT2D eigenvalue weighted by molar-refractivity contribution is 7.92. The zero-order valence-corrected chi connectivity index (χ0v) is 35.7. The van der Waals surface area contributed by atoms with Crippen LogP contribution in [0.2, 0.25) is 0 Å². The number of nitro benzene ring substituents is 1. The first-order chi connectivity index (χ1) is 27.6. The van der Waals surface area contributed by atoms with Gasteiger partial charge in [0.2, 0.25) is 0 Å². The molecule has 0 spiro atoms. The van der Waals surface area contributed by atoms with Gasteiger partial charge in [0, 0.05) is 85.7 Å². The van der Waals surface area contributed by atoms with Crippen LogP contribution in [0.3, 0.4) is 0 Å². The minimum atomic E-state index is -3.92. The summed E-state index contributed by atoms with van der Waals surface area (Å²) in [5.74, 6) is 2.86. The van der Waals surface area contributed by atoms with Crippen molar-refractivity contribution < 1.29 is 32.3 Å². The molecular weight excluding hydrogens is 763 g/mol. The summed E-state index contributed by atoms with van der Waals surface area (Å²) in [5, 5.41) is 14.1. The van der Waals surface area contributed by atoms with Gasteiger partial charge in [0.15, 0.2) is 0 Å². The normalized spacial score (nSPS) is 16.0. The minimum absolute atomic E-state index is 0.0306. The first kappa shape index (κ1) is 43.0. The third-order valence-electron chi connectivity index (χ3n) is 11.5. The smallest absolute Gasteiger partial charge is 0.269 e. The standard InChI is InChI=1S/C24H30N4O6S.C18H27N3O2/c1-24(2,33-4)23-25-21-15-19(7-10-22(21)27(23)16-17-11-13-34-14-12-17)26(3)35(31,32)20-8-5-18(6-9-20)28(29)30;1-18(2,22-4)17-20-15-11-14(19-3)5-6-16(15)21(17)12-13-7-9-23-10-8-13/h5-10,15,17H,11-14,16H2,1-4H3;5-6,11,13,19H,7-10,12H2,1-4H3. The molecule has 3 aromatic carbocycles. The second kappa shape index (κ2) is 17.7. The molecular formula is C42H57N7O8S. The Morgan fingerprint density at radius 1 is 0.793 bits per heavy atom. The van der Waals surface area contributed by atoms with Crippen molar-refractivity contribution >= 4 is 49.2 Å². The Balaban J connectivity index is 0.000000213. The third-order valence-corrected chi connectivity index (χ3v) is 13.3. The number of imidazole rings is 2. The van der Waals surface area contributed by atoms with Crippen molar-refractivity contribution in [1.82, 2.24) is 19.1 Å². The lowest BCUT2D eigenvalue weighted by Gasteiger charge is -2.27. The van der Waals surface area contributed by atoms with E-state index in [4.69, 9.17) is 28.9 Å². The van der Waals surface area contributed by atoms with E-state index in [-0.39, 0.29) is 10.6 Å². The molecule has 1 N–H and O–H groups in total. The molecule has 0 bridgehead atoms. The highest BCUT2D eigenvalue weighted by Crippen LogP contribution is 2.34. The molecule has 314 valence electrons. The van der Waals surface area contributed by atoms with Crippen molar-refractivity contribution in [2.24, 2.45) is 11.8 Å². The minimum Gasteiger partial charge on any atom is -0.388 e. The summed E-state index contributed by atoms with van der Waals surface area (Å²) in [7, 11) is 2.86. The Labute approximate surface area is 340 Å². The SMILES string of the molecule is CNc1ccc2c(c1)nc(C(C)(C)OC)n2CC1CCOCC1.COC(C)(C)c1nc2cc(N(C)S(=O)(=O)c3ccc([N+](=O)[O-])cc3)ccc2n1CC1CCOCC1. The molecule has 4 heterocycles. The molecule has 0 atom stereocenters. The summed E-state index contributed by atoms with van der Waals surface area (Å²) in [6.07, 6.45) is 4.17. The van der Waals surface area contributed by atoms with Crippen LogP contribution in [0, 0.1) is 22.0 Å². The average molecular weight is 820 g/mol. The fraction of sp³-hybridized carbons (Fsp3) is 0.524. The van der Waals surface area contributed by atoms with E-state index < -0.39 is 26.1 Å². The van der Waals surface area contributed by atoms with Gasteiger partial charge < -0.3 is 33.4 Å². The van der Waals surface area contributed by atoms with Crippen molar-refractivity contribution in [1.29, 1.82) is 0 Å². The summed E-state index contributed by atoms with van der Waals surface area (Å²) >= 11 is 0. The number of sulfonamides is 1. The molecule has 5 aromatic rings. The molecule has 2 saturated heterocycles. The fourth-order valence-corrected chi connectivity index (χ4v) is 8.67. The first-order valence-electron chi connectivity index (χ1n) is 19.8. The number of aromatic nitrogens is 4. The number of ether oxygens (including phenoxy) is 4. The number of nitro groups is 1. The van der Waals surface area contributed by atoms with E-state index in [2.05, 4.69) is 46.5 Å². The quantitative estimate of drug-likeness (QED) is 0.0926. The monoisotopic (exact) mass is 819 g/mol. The van der Waals surface area contributed by atoms with Crippen LogP contribution in [-0.2, 0) is 53.3 Å². The van der Waals surface area contributed by atoms with E-state index in [9.17, 15) is 18.5 Å². The number of anilines is 2. The Morgan fingerprint density at radius 2 is 1.26 bits per heavy atom. The van der Waals surface area contributed by atoms with Gasteiger partial charge in [0.1, 0.15) is 22.9 Å². The highest BCUT2D eigenvalue weighted by Gasteiger charge is 2.31. The lowest BCUT2D eigenvalue weighted by molar-refractivity contribution is -0.384. The maximum atomic E-state index is 13.2. The lowest BCUT2D eigenvalue weighted by Crippen LogP contribution is -2.28. The second-order valence-electron chi connectivity index (χ2n) is 16.0. The molecule has 0 aliphatic carbocycles. The molecule has 15 nitrogen and oxygen atoms in total. The highest BCUT2D eigenvalue weighted by atomic mass is 32.2. The Hall–Kier alpha value is -4.61. The molecule has 0 saturated carbocycles. The van der Waals surface area contributed by atoms with Gasteiger partial charge in [-0.1, -0.05) is 0 Å². The molecule has 7 rings (SSSR count). The van der Waals surface area contributed by atoms with Crippen LogP contribution in [0.4, 0.5) is 17.1 Å². The van der Waals surface area contributed by atoms with E-state index in [1.807, 2.05) is 27.0 Å². The van der Waals surface area contributed by atoms with Crippen LogP contribution >= 0.6 is 0 Å². The largest absolute Gasteiger partial charge is 0.388 e. The van der Waals surface area contributed by atoms with E-state index in [0.717, 1.165) is 97.9 Å². The maximum Gasteiger partial charge on any atom is 0.269 e. The first-order valence-corrected chi connectivity index (χ1v) is 21.2. The molecule has 0 amide bonds. The van der Waals surface area contributed by atoms with Crippen molar-refractivity contribution in [3.8, 4) is 0 Å². The predicted octanol–water partition coefficient (Wildman–Crippen LogP) is 7.46. The lowest BCUT2D eigenvalue weighted by atomic mass is 9.99. The zero-order chi connectivity index (χ0) is 41.8. The van der Waals surface area contributed by atoms with E-state index in [1.165, 1.54) is 36.8 Å². The molecule has 0 radical (unpaired) electrons. The molecule has 16 heteroatoms. The summed E-state index contributed by atoms with van der Waals surface area (Å²) < 4.78 is 54.5. The van der Waals surface area contributed by atoms with Crippen molar-refractivity contribution in [3.63, 3.8) is 0 Å². The number of hydrogen-bond donors (Lipinski definition) is 1. The van der Waals surface area contributed by atoms with Crippen molar-refractivity contribution in [3.05, 3.63) is 82.4 Å². The molecule has 2 fully saturated rings. The number of fused-ring (bicyclic) bond motifs is 2. The van der Waals surface area contributed by atoms with Gasteiger partial charge in [-0.25, -0.2) is 18.4 Å². The van der Waals surface area contributed by atoms with Gasteiger partial charge in [-0.05, 0) is 114 Å². The van der Waals surface area contributed by atoms with Gasteiger partial charge in [0.25, 0.3) is 15.7 Å². The van der Waals surface area contributed by atoms with Gasteiger partial charge in [-0.15, -0.1) is 0 Å². The molecule has 58 heavy (non-hydrogen) atoms. The molecule has 2 aromatic heterocycles. The van der Waals surface area contributed by atoms with Crippen LogP contribution in [0.15, 0.2) is 65.6 Å².